The number of hydrogen-bond acceptors (Lipinski definition) is 2. The minimum absolute atomic E-state index is 0.165. The zero-order chi connectivity index (χ0) is 16.5. The topological polar surface area (TPSA) is 29.5 Å². The molecule has 1 saturated carbocycles. The first-order valence-corrected chi connectivity index (χ1v) is 9.12. The van der Waals surface area contributed by atoms with Gasteiger partial charge in [-0.25, -0.2) is 0 Å². The molecule has 1 heterocycles. The molecule has 1 saturated heterocycles. The van der Waals surface area contributed by atoms with Gasteiger partial charge in [0.15, 0.2) is 0 Å². The molecule has 0 bridgehead atoms. The molecule has 0 N–H and O–H groups in total. The van der Waals surface area contributed by atoms with Crippen LogP contribution in [-0.2, 0) is 9.53 Å². The maximum Gasteiger partial charge on any atom is 0.226 e. The average Bonchev–Trinajstić information content (AvgIpc) is 3.25. The molecule has 1 amide bonds. The molecule has 1 aliphatic heterocycles. The van der Waals surface area contributed by atoms with Crippen molar-refractivity contribution in [2.75, 3.05) is 26.3 Å². The molecule has 126 valence electrons. The second kappa shape index (κ2) is 6.56. The largest absolute Gasteiger partial charge is 0.381 e. The van der Waals surface area contributed by atoms with Gasteiger partial charge in [0.05, 0.1) is 6.61 Å². The van der Waals surface area contributed by atoms with Gasteiger partial charge in [-0.15, -0.1) is 0 Å². The van der Waals surface area contributed by atoms with Crippen molar-refractivity contribution in [3.63, 3.8) is 0 Å². The summed E-state index contributed by atoms with van der Waals surface area (Å²) in [4.78, 5) is 15.0. The van der Waals surface area contributed by atoms with Crippen LogP contribution in [0.1, 0.15) is 31.2 Å². The van der Waals surface area contributed by atoms with Crippen molar-refractivity contribution in [2.45, 2.75) is 25.7 Å². The van der Waals surface area contributed by atoms with Gasteiger partial charge in [0.25, 0.3) is 0 Å². The molecule has 0 radical (unpaired) electrons. The third-order valence-electron chi connectivity index (χ3n) is 5.53. The Balaban J connectivity index is 1.49. The molecular weight excluding hydrogens is 298 g/mol. The quantitative estimate of drug-likeness (QED) is 0.837. The van der Waals surface area contributed by atoms with E-state index < -0.39 is 0 Å². The Morgan fingerprint density at radius 1 is 1.21 bits per heavy atom. The van der Waals surface area contributed by atoms with Crippen molar-refractivity contribution in [3.05, 3.63) is 48.0 Å². The molecule has 4 rings (SSSR count). The lowest BCUT2D eigenvalue weighted by Gasteiger charge is -2.24. The maximum absolute atomic E-state index is 12.9. The van der Waals surface area contributed by atoms with Crippen molar-refractivity contribution in [1.29, 1.82) is 0 Å². The summed E-state index contributed by atoms with van der Waals surface area (Å²) < 4.78 is 5.46. The van der Waals surface area contributed by atoms with Crippen molar-refractivity contribution in [1.82, 2.24) is 4.90 Å². The van der Waals surface area contributed by atoms with E-state index in [0.29, 0.717) is 17.7 Å². The predicted molar refractivity (Wildman–Crippen MR) is 96.0 cm³/mol. The molecule has 0 unspecified atom stereocenters. The van der Waals surface area contributed by atoms with Gasteiger partial charge >= 0.3 is 0 Å². The predicted octanol–water partition coefficient (Wildman–Crippen LogP) is 3.83. The molecule has 0 aromatic heterocycles. The Morgan fingerprint density at radius 2 is 2.04 bits per heavy atom. The maximum atomic E-state index is 12.9. The summed E-state index contributed by atoms with van der Waals surface area (Å²) in [6.45, 7) is 5.39. The fourth-order valence-corrected chi connectivity index (χ4v) is 4.03. The first-order valence-electron chi connectivity index (χ1n) is 9.12. The Labute approximate surface area is 143 Å². The van der Waals surface area contributed by atoms with Crippen LogP contribution in [0.3, 0.4) is 0 Å². The van der Waals surface area contributed by atoms with Crippen LogP contribution in [0.25, 0.3) is 10.8 Å². The number of hydrogen-bond donors (Lipinski definition) is 0. The van der Waals surface area contributed by atoms with Crippen molar-refractivity contribution >= 4 is 16.7 Å². The third kappa shape index (κ3) is 2.93. The number of fused-ring (bicyclic) bond motifs is 1. The molecule has 3 nitrogen and oxygen atoms in total. The van der Waals surface area contributed by atoms with Crippen molar-refractivity contribution in [3.8, 4) is 0 Å². The van der Waals surface area contributed by atoms with Gasteiger partial charge in [0.2, 0.25) is 5.91 Å². The SMILES string of the molecule is CCN(C[C@@H]1CCOC1)C(=O)[C@H]1C[C@@H]1c1cccc2ccccc12. The lowest BCUT2D eigenvalue weighted by molar-refractivity contribution is -0.133. The van der Waals surface area contributed by atoms with E-state index in [1.165, 1.54) is 16.3 Å². The van der Waals surface area contributed by atoms with Crippen molar-refractivity contribution in [2.24, 2.45) is 11.8 Å². The number of ether oxygens (including phenoxy) is 1. The minimum Gasteiger partial charge on any atom is -0.381 e. The highest BCUT2D eigenvalue weighted by Gasteiger charge is 2.46. The lowest BCUT2D eigenvalue weighted by Crippen LogP contribution is -2.36. The van der Waals surface area contributed by atoms with E-state index in [0.717, 1.165) is 39.1 Å². The highest BCUT2D eigenvalue weighted by molar-refractivity contribution is 5.89. The summed E-state index contributed by atoms with van der Waals surface area (Å²) in [5, 5.41) is 2.57. The van der Waals surface area contributed by atoms with E-state index in [1.807, 2.05) is 0 Å². The summed E-state index contributed by atoms with van der Waals surface area (Å²) >= 11 is 0. The van der Waals surface area contributed by atoms with E-state index in [1.54, 1.807) is 0 Å². The number of carbonyl (C=O) groups is 1. The minimum atomic E-state index is 0.165. The van der Waals surface area contributed by atoms with E-state index in [9.17, 15) is 4.79 Å². The smallest absolute Gasteiger partial charge is 0.226 e. The molecular formula is C21H25NO2. The molecule has 2 aromatic rings. The van der Waals surface area contributed by atoms with Crippen LogP contribution >= 0.6 is 0 Å². The van der Waals surface area contributed by atoms with Gasteiger partial charge in [-0.1, -0.05) is 42.5 Å². The summed E-state index contributed by atoms with van der Waals surface area (Å²) in [5.74, 6) is 1.40. The molecule has 3 atom stereocenters. The highest BCUT2D eigenvalue weighted by Crippen LogP contribution is 2.50. The van der Waals surface area contributed by atoms with Crippen LogP contribution in [0.15, 0.2) is 42.5 Å². The van der Waals surface area contributed by atoms with Crippen LogP contribution in [-0.4, -0.2) is 37.1 Å². The van der Waals surface area contributed by atoms with Gasteiger partial charge in [0.1, 0.15) is 0 Å². The molecule has 24 heavy (non-hydrogen) atoms. The fraction of sp³-hybridized carbons (Fsp3) is 0.476. The van der Waals surface area contributed by atoms with E-state index in [2.05, 4.69) is 54.3 Å². The fourth-order valence-electron chi connectivity index (χ4n) is 4.03. The summed E-state index contributed by atoms with van der Waals surface area (Å²) in [7, 11) is 0. The first kappa shape index (κ1) is 15.6. The number of amides is 1. The van der Waals surface area contributed by atoms with Crippen LogP contribution in [0.4, 0.5) is 0 Å². The second-order valence-electron chi connectivity index (χ2n) is 7.12. The van der Waals surface area contributed by atoms with Crippen LogP contribution in [0.2, 0.25) is 0 Å². The number of nitrogens with zero attached hydrogens (tertiary/aromatic N) is 1. The monoisotopic (exact) mass is 323 g/mol. The van der Waals surface area contributed by atoms with E-state index >= 15 is 0 Å². The number of rotatable bonds is 5. The number of carbonyl (C=O) groups excluding carboxylic acids is 1. The Hall–Kier alpha value is -1.87. The van der Waals surface area contributed by atoms with E-state index in [-0.39, 0.29) is 5.92 Å². The van der Waals surface area contributed by atoms with Crippen LogP contribution in [0, 0.1) is 11.8 Å². The summed E-state index contributed by atoms with van der Waals surface area (Å²) in [6, 6.07) is 14.9. The van der Waals surface area contributed by atoms with Gasteiger partial charge < -0.3 is 9.64 Å². The summed E-state index contributed by atoms with van der Waals surface area (Å²) in [6.07, 6.45) is 2.08. The van der Waals surface area contributed by atoms with E-state index in [4.69, 9.17) is 4.74 Å². The van der Waals surface area contributed by atoms with Crippen LogP contribution in [0.5, 0.6) is 0 Å². The molecule has 2 aromatic carbocycles. The van der Waals surface area contributed by atoms with Gasteiger partial charge in [-0.2, -0.15) is 0 Å². The highest BCUT2D eigenvalue weighted by atomic mass is 16.5. The number of benzene rings is 2. The Kier molecular flexibility index (Phi) is 4.28. The standard InChI is InChI=1S/C21H25NO2/c1-2-22(13-15-10-11-24-14-15)21(23)20-12-19(20)18-9-5-7-16-6-3-4-8-17(16)18/h3-9,15,19-20H,2,10-14H2,1H3/t15-,19+,20-/m0/s1. The Morgan fingerprint density at radius 3 is 2.83 bits per heavy atom. The molecule has 2 aliphatic rings. The second-order valence-corrected chi connectivity index (χ2v) is 7.12. The van der Waals surface area contributed by atoms with Crippen LogP contribution < -0.4 is 0 Å². The lowest BCUT2D eigenvalue weighted by atomic mass is 10.00. The van der Waals surface area contributed by atoms with Crippen molar-refractivity contribution < 1.29 is 9.53 Å². The molecule has 3 heteroatoms. The normalized spacial score (nSPS) is 25.8. The zero-order valence-electron chi connectivity index (χ0n) is 14.3. The molecule has 2 fully saturated rings. The van der Waals surface area contributed by atoms with Gasteiger partial charge in [0, 0.05) is 31.5 Å². The summed E-state index contributed by atoms with van der Waals surface area (Å²) in [5.41, 5.74) is 1.34. The zero-order valence-corrected chi connectivity index (χ0v) is 14.3. The Bertz CT molecular complexity index is 730. The van der Waals surface area contributed by atoms with Gasteiger partial charge in [-0.3, -0.25) is 4.79 Å². The third-order valence-corrected chi connectivity index (χ3v) is 5.53. The average molecular weight is 323 g/mol. The molecule has 0 spiro atoms. The molecule has 1 aliphatic carbocycles. The first-order chi connectivity index (χ1) is 11.8. The van der Waals surface area contributed by atoms with Gasteiger partial charge in [-0.05, 0) is 42.0 Å².